The van der Waals surface area contributed by atoms with Gasteiger partial charge in [-0.05, 0) is 25.5 Å². The number of hydrogen-bond acceptors (Lipinski definition) is 5. The summed E-state index contributed by atoms with van der Waals surface area (Å²) in [5.41, 5.74) is 5.69. The summed E-state index contributed by atoms with van der Waals surface area (Å²) in [5.74, 6) is 4.38. The Morgan fingerprint density at radius 3 is 3.20 bits per heavy atom. The van der Waals surface area contributed by atoms with E-state index in [0.29, 0.717) is 12.3 Å². The molecular weight excluding hydrogens is 210 g/mol. The van der Waals surface area contributed by atoms with Gasteiger partial charge < -0.3 is 10.3 Å². The van der Waals surface area contributed by atoms with Gasteiger partial charge in [-0.3, -0.25) is 0 Å². The maximum absolute atomic E-state index is 5.69. The fourth-order valence-electron chi connectivity index (χ4n) is 1.74. The zero-order valence-corrected chi connectivity index (χ0v) is 9.80. The van der Waals surface area contributed by atoms with Crippen LogP contribution in [0.15, 0.2) is 4.52 Å². The topological polar surface area (TPSA) is 64.9 Å². The summed E-state index contributed by atoms with van der Waals surface area (Å²) >= 11 is 1.97. The Labute approximate surface area is 94.0 Å². The number of aromatic nitrogens is 2. The molecule has 1 aromatic heterocycles. The number of nitrogens with two attached hydrogens (primary N) is 1. The first kappa shape index (κ1) is 11.0. The van der Waals surface area contributed by atoms with E-state index in [-0.39, 0.29) is 6.04 Å². The third kappa shape index (κ3) is 2.95. The minimum Gasteiger partial charge on any atom is -0.339 e. The fourth-order valence-corrected chi connectivity index (χ4v) is 2.87. The predicted molar refractivity (Wildman–Crippen MR) is 61.0 cm³/mol. The highest BCUT2D eigenvalue weighted by atomic mass is 32.2. The van der Waals surface area contributed by atoms with Gasteiger partial charge in [0.25, 0.3) is 0 Å². The van der Waals surface area contributed by atoms with Crippen LogP contribution in [0.25, 0.3) is 0 Å². The highest BCUT2D eigenvalue weighted by Gasteiger charge is 2.21. The van der Waals surface area contributed by atoms with Gasteiger partial charge in [-0.1, -0.05) is 5.16 Å². The van der Waals surface area contributed by atoms with Crippen molar-refractivity contribution < 1.29 is 4.52 Å². The molecule has 1 aromatic rings. The van der Waals surface area contributed by atoms with Crippen molar-refractivity contribution in [2.24, 2.45) is 5.73 Å². The number of nitrogens with zero attached hydrogens (tertiary/aromatic N) is 2. The van der Waals surface area contributed by atoms with Gasteiger partial charge in [0.05, 0.1) is 0 Å². The molecule has 84 valence electrons. The van der Waals surface area contributed by atoms with Crippen molar-refractivity contribution >= 4 is 11.8 Å². The summed E-state index contributed by atoms with van der Waals surface area (Å²) in [5, 5.41) is 3.96. The Morgan fingerprint density at radius 2 is 2.53 bits per heavy atom. The lowest BCUT2D eigenvalue weighted by atomic mass is 10.1. The molecule has 1 fully saturated rings. The molecule has 0 amide bonds. The second-order valence-electron chi connectivity index (χ2n) is 4.14. The second kappa shape index (κ2) is 4.99. The molecule has 0 saturated carbocycles. The molecule has 1 aliphatic heterocycles. The van der Waals surface area contributed by atoms with E-state index in [4.69, 9.17) is 10.3 Å². The summed E-state index contributed by atoms with van der Waals surface area (Å²) in [4.78, 5) is 4.40. The van der Waals surface area contributed by atoms with E-state index in [0.717, 1.165) is 17.5 Å². The van der Waals surface area contributed by atoms with Gasteiger partial charge in [-0.15, -0.1) is 0 Å². The van der Waals surface area contributed by atoms with Crippen LogP contribution in [-0.2, 0) is 6.42 Å². The molecule has 1 aliphatic rings. The van der Waals surface area contributed by atoms with Crippen LogP contribution in [0.1, 0.15) is 37.4 Å². The van der Waals surface area contributed by atoms with Crippen molar-refractivity contribution in [1.82, 2.24) is 10.1 Å². The highest BCUT2D eigenvalue weighted by Crippen LogP contribution is 2.29. The molecule has 1 saturated heterocycles. The molecule has 2 N–H and O–H groups in total. The Hall–Kier alpha value is -0.550. The molecular formula is C10H17N3OS. The molecule has 2 atom stereocenters. The lowest BCUT2D eigenvalue weighted by Gasteiger charge is -2.16. The SMILES string of the molecule is CC(N)Cc1noc(C2CCCSC2)n1. The zero-order chi connectivity index (χ0) is 10.7. The van der Waals surface area contributed by atoms with E-state index in [9.17, 15) is 0 Å². The Balaban J connectivity index is 1.99. The quantitative estimate of drug-likeness (QED) is 0.849. The van der Waals surface area contributed by atoms with Crippen LogP contribution in [0, 0.1) is 0 Å². The molecule has 2 heterocycles. The lowest BCUT2D eigenvalue weighted by molar-refractivity contribution is 0.348. The average Bonchev–Trinajstić information content (AvgIpc) is 2.67. The first-order chi connectivity index (χ1) is 7.25. The molecule has 15 heavy (non-hydrogen) atoms. The summed E-state index contributed by atoms with van der Waals surface area (Å²) < 4.78 is 5.28. The third-order valence-corrected chi connectivity index (χ3v) is 3.71. The van der Waals surface area contributed by atoms with Crippen molar-refractivity contribution in [2.75, 3.05) is 11.5 Å². The molecule has 2 rings (SSSR count). The van der Waals surface area contributed by atoms with Gasteiger partial charge in [0.2, 0.25) is 5.89 Å². The minimum atomic E-state index is 0.0937. The van der Waals surface area contributed by atoms with Crippen molar-refractivity contribution in [3.05, 3.63) is 11.7 Å². The summed E-state index contributed by atoms with van der Waals surface area (Å²) in [6, 6.07) is 0.0937. The lowest BCUT2D eigenvalue weighted by Crippen LogP contribution is -2.18. The number of hydrogen-bond donors (Lipinski definition) is 1. The van der Waals surface area contributed by atoms with Crippen LogP contribution in [0.5, 0.6) is 0 Å². The maximum Gasteiger partial charge on any atom is 0.230 e. The van der Waals surface area contributed by atoms with Crippen molar-refractivity contribution in [3.8, 4) is 0 Å². The van der Waals surface area contributed by atoms with Crippen LogP contribution >= 0.6 is 11.8 Å². The van der Waals surface area contributed by atoms with Gasteiger partial charge in [-0.25, -0.2) is 0 Å². The zero-order valence-electron chi connectivity index (χ0n) is 8.98. The summed E-state index contributed by atoms with van der Waals surface area (Å²) in [7, 11) is 0. The van der Waals surface area contributed by atoms with Gasteiger partial charge in [-0.2, -0.15) is 16.7 Å². The average molecular weight is 227 g/mol. The van der Waals surface area contributed by atoms with Crippen LogP contribution in [0.2, 0.25) is 0 Å². The van der Waals surface area contributed by atoms with Gasteiger partial charge >= 0.3 is 0 Å². The van der Waals surface area contributed by atoms with Crippen LogP contribution < -0.4 is 5.73 Å². The van der Waals surface area contributed by atoms with Crippen molar-refractivity contribution in [1.29, 1.82) is 0 Å². The Kier molecular flexibility index (Phi) is 3.64. The first-order valence-electron chi connectivity index (χ1n) is 5.41. The molecule has 0 aliphatic carbocycles. The van der Waals surface area contributed by atoms with Crippen LogP contribution in [-0.4, -0.2) is 27.7 Å². The molecule has 2 unspecified atom stereocenters. The van der Waals surface area contributed by atoms with Crippen LogP contribution in [0.3, 0.4) is 0 Å². The predicted octanol–water partition coefficient (Wildman–Crippen LogP) is 1.57. The second-order valence-corrected chi connectivity index (χ2v) is 5.29. The van der Waals surface area contributed by atoms with Gasteiger partial charge in [0, 0.05) is 24.1 Å². The Morgan fingerprint density at radius 1 is 1.67 bits per heavy atom. The van der Waals surface area contributed by atoms with E-state index < -0.39 is 0 Å². The van der Waals surface area contributed by atoms with Gasteiger partial charge in [0.1, 0.15) is 0 Å². The molecule has 0 radical (unpaired) electrons. The number of thioether (sulfide) groups is 1. The van der Waals surface area contributed by atoms with Crippen molar-refractivity contribution in [3.63, 3.8) is 0 Å². The van der Waals surface area contributed by atoms with E-state index in [2.05, 4.69) is 10.1 Å². The third-order valence-electron chi connectivity index (χ3n) is 2.50. The molecule has 0 bridgehead atoms. The molecule has 5 heteroatoms. The summed E-state index contributed by atoms with van der Waals surface area (Å²) in [6.45, 7) is 1.95. The monoisotopic (exact) mass is 227 g/mol. The smallest absolute Gasteiger partial charge is 0.230 e. The van der Waals surface area contributed by atoms with Gasteiger partial charge in [0.15, 0.2) is 5.82 Å². The summed E-state index contributed by atoms with van der Waals surface area (Å²) in [6.07, 6.45) is 3.12. The molecule has 4 nitrogen and oxygen atoms in total. The Bertz CT molecular complexity index is 307. The largest absolute Gasteiger partial charge is 0.339 e. The standard InChI is InChI=1S/C10H17N3OS/c1-7(11)5-9-12-10(14-13-9)8-3-2-4-15-6-8/h7-8H,2-6,11H2,1H3. The normalized spacial score (nSPS) is 24.0. The highest BCUT2D eigenvalue weighted by molar-refractivity contribution is 7.99. The van der Waals surface area contributed by atoms with E-state index >= 15 is 0 Å². The van der Waals surface area contributed by atoms with E-state index in [1.807, 2.05) is 18.7 Å². The molecule has 0 spiro atoms. The maximum atomic E-state index is 5.69. The molecule has 0 aromatic carbocycles. The van der Waals surface area contributed by atoms with E-state index in [1.165, 1.54) is 18.6 Å². The number of rotatable bonds is 3. The first-order valence-corrected chi connectivity index (χ1v) is 6.57. The van der Waals surface area contributed by atoms with E-state index in [1.54, 1.807) is 0 Å². The van der Waals surface area contributed by atoms with Crippen molar-refractivity contribution in [2.45, 2.75) is 38.1 Å². The fraction of sp³-hybridized carbons (Fsp3) is 0.800. The minimum absolute atomic E-state index is 0.0937. The van der Waals surface area contributed by atoms with Crippen LogP contribution in [0.4, 0.5) is 0 Å².